The van der Waals surface area contributed by atoms with Gasteiger partial charge in [-0.25, -0.2) is 0 Å². The Balaban J connectivity index is 1.52. The van der Waals surface area contributed by atoms with E-state index in [9.17, 15) is 0 Å². The van der Waals surface area contributed by atoms with Crippen LogP contribution >= 0.6 is 0 Å². The SMILES string of the molecule is C=C[C@H]1CC[C@H](CCCC[SiH2]c2ccccc2)CC1. The van der Waals surface area contributed by atoms with Crippen molar-refractivity contribution in [3.8, 4) is 0 Å². The summed E-state index contributed by atoms with van der Waals surface area (Å²) in [5.74, 6) is 1.84. The molecule has 0 amide bonds. The maximum atomic E-state index is 3.93. The molecule has 1 fully saturated rings. The molecule has 1 heteroatoms. The molecule has 1 saturated carbocycles. The minimum absolute atomic E-state index is 0.0144. The van der Waals surface area contributed by atoms with Crippen LogP contribution in [-0.4, -0.2) is 9.52 Å². The molecule has 1 aromatic carbocycles. The summed E-state index contributed by atoms with van der Waals surface area (Å²) in [6.07, 6.45) is 12.3. The van der Waals surface area contributed by atoms with Crippen LogP contribution in [0.5, 0.6) is 0 Å². The van der Waals surface area contributed by atoms with E-state index >= 15 is 0 Å². The van der Waals surface area contributed by atoms with Gasteiger partial charge >= 0.3 is 0 Å². The van der Waals surface area contributed by atoms with Crippen LogP contribution in [-0.2, 0) is 0 Å². The van der Waals surface area contributed by atoms with Gasteiger partial charge in [0.15, 0.2) is 0 Å². The maximum Gasteiger partial charge on any atom is 0.0547 e. The molecule has 1 aliphatic carbocycles. The molecule has 1 aromatic rings. The van der Waals surface area contributed by atoms with Crippen molar-refractivity contribution in [2.24, 2.45) is 11.8 Å². The number of allylic oxidation sites excluding steroid dienone is 1. The van der Waals surface area contributed by atoms with Gasteiger partial charge in [0, 0.05) is 0 Å². The fourth-order valence-electron chi connectivity index (χ4n) is 3.30. The zero-order valence-corrected chi connectivity index (χ0v) is 13.6. The van der Waals surface area contributed by atoms with Gasteiger partial charge in [-0.3, -0.25) is 0 Å². The smallest absolute Gasteiger partial charge is 0.0547 e. The van der Waals surface area contributed by atoms with Crippen LogP contribution in [0.4, 0.5) is 0 Å². The molecule has 0 spiro atoms. The van der Waals surface area contributed by atoms with E-state index in [1.807, 2.05) is 0 Å². The molecule has 0 unspecified atom stereocenters. The molecule has 0 bridgehead atoms. The minimum atomic E-state index is 0.0144. The first-order chi connectivity index (χ1) is 9.38. The van der Waals surface area contributed by atoms with Crippen molar-refractivity contribution in [1.82, 2.24) is 0 Å². The van der Waals surface area contributed by atoms with Gasteiger partial charge in [0.2, 0.25) is 0 Å². The fraction of sp³-hybridized carbons (Fsp3) is 0.556. The molecule has 0 nitrogen and oxygen atoms in total. The normalized spacial score (nSPS) is 23.8. The summed E-state index contributed by atoms with van der Waals surface area (Å²) in [7, 11) is 0.0144. The molecular weight excluding hydrogens is 244 g/mol. The highest BCUT2D eigenvalue weighted by atomic mass is 28.2. The fourth-order valence-corrected chi connectivity index (χ4v) is 4.91. The van der Waals surface area contributed by atoms with Crippen LogP contribution in [0.2, 0.25) is 6.04 Å². The van der Waals surface area contributed by atoms with Crippen molar-refractivity contribution in [2.45, 2.75) is 51.0 Å². The van der Waals surface area contributed by atoms with Crippen LogP contribution in [0.15, 0.2) is 43.0 Å². The topological polar surface area (TPSA) is 0 Å². The van der Waals surface area contributed by atoms with Crippen LogP contribution in [0.25, 0.3) is 0 Å². The number of unbranched alkanes of at least 4 members (excludes halogenated alkanes) is 1. The minimum Gasteiger partial charge on any atom is -0.103 e. The summed E-state index contributed by atoms with van der Waals surface area (Å²) in [4.78, 5) is 0. The predicted octanol–water partition coefficient (Wildman–Crippen LogP) is 4.06. The molecule has 19 heavy (non-hydrogen) atoms. The molecule has 0 radical (unpaired) electrons. The van der Waals surface area contributed by atoms with Gasteiger partial charge in [-0.15, -0.1) is 6.58 Å². The second-order valence-electron chi connectivity index (χ2n) is 6.10. The third-order valence-electron chi connectivity index (χ3n) is 4.65. The van der Waals surface area contributed by atoms with Gasteiger partial charge in [-0.05, 0) is 37.5 Å². The summed E-state index contributed by atoms with van der Waals surface area (Å²) >= 11 is 0. The lowest BCUT2D eigenvalue weighted by molar-refractivity contribution is 0.291. The van der Waals surface area contributed by atoms with Gasteiger partial charge in [0.25, 0.3) is 0 Å². The first-order valence-electron chi connectivity index (χ1n) is 8.05. The summed E-state index contributed by atoms with van der Waals surface area (Å²) in [6.45, 7) is 3.93. The van der Waals surface area contributed by atoms with Crippen molar-refractivity contribution < 1.29 is 0 Å². The summed E-state index contributed by atoms with van der Waals surface area (Å²) in [5.41, 5.74) is 0. The third kappa shape index (κ3) is 5.36. The Labute approximate surface area is 121 Å². The Morgan fingerprint density at radius 2 is 1.79 bits per heavy atom. The Morgan fingerprint density at radius 3 is 2.47 bits per heavy atom. The Kier molecular flexibility index (Phi) is 6.42. The Bertz CT molecular complexity index is 349. The van der Waals surface area contributed by atoms with E-state index in [2.05, 4.69) is 43.0 Å². The van der Waals surface area contributed by atoms with Gasteiger partial charge in [-0.2, -0.15) is 0 Å². The van der Waals surface area contributed by atoms with E-state index in [1.165, 1.54) is 51.0 Å². The zero-order valence-electron chi connectivity index (χ0n) is 12.2. The monoisotopic (exact) mass is 272 g/mol. The van der Waals surface area contributed by atoms with E-state index < -0.39 is 0 Å². The standard InChI is InChI=1S/C18H28Si/c1-2-16-11-13-17(14-12-16)8-6-7-15-19-18-9-4-3-5-10-18/h2-5,9-10,16-17H,1,6-8,11-15,19H2/t16-,17-. The first-order valence-corrected chi connectivity index (χ1v) is 9.75. The van der Waals surface area contributed by atoms with E-state index in [0.717, 1.165) is 11.8 Å². The van der Waals surface area contributed by atoms with Crippen LogP contribution < -0.4 is 5.19 Å². The highest BCUT2D eigenvalue weighted by molar-refractivity contribution is 6.53. The van der Waals surface area contributed by atoms with Crippen molar-refractivity contribution in [3.05, 3.63) is 43.0 Å². The van der Waals surface area contributed by atoms with Crippen molar-refractivity contribution in [2.75, 3.05) is 0 Å². The second-order valence-corrected chi connectivity index (χ2v) is 8.13. The summed E-state index contributed by atoms with van der Waals surface area (Å²) in [5, 5.41) is 1.63. The van der Waals surface area contributed by atoms with E-state index in [4.69, 9.17) is 0 Å². The molecule has 2 rings (SSSR count). The summed E-state index contributed by atoms with van der Waals surface area (Å²) < 4.78 is 0. The molecule has 104 valence electrons. The van der Waals surface area contributed by atoms with Crippen LogP contribution in [0.1, 0.15) is 44.9 Å². The van der Waals surface area contributed by atoms with E-state index in [1.54, 1.807) is 5.19 Å². The quantitative estimate of drug-likeness (QED) is 0.399. The molecule has 0 heterocycles. The molecular formula is C18H28Si. The number of hydrogen-bond acceptors (Lipinski definition) is 0. The Hall–Kier alpha value is -0.823. The van der Waals surface area contributed by atoms with Gasteiger partial charge in [0.1, 0.15) is 0 Å². The lowest BCUT2D eigenvalue weighted by Crippen LogP contribution is -2.14. The third-order valence-corrected chi connectivity index (χ3v) is 6.55. The number of hydrogen-bond donors (Lipinski definition) is 0. The van der Waals surface area contributed by atoms with Gasteiger partial charge < -0.3 is 0 Å². The molecule has 0 aromatic heterocycles. The lowest BCUT2D eigenvalue weighted by Gasteiger charge is -2.26. The van der Waals surface area contributed by atoms with Crippen molar-refractivity contribution in [3.63, 3.8) is 0 Å². The van der Waals surface area contributed by atoms with Crippen LogP contribution in [0.3, 0.4) is 0 Å². The molecule has 1 aliphatic rings. The van der Waals surface area contributed by atoms with Crippen molar-refractivity contribution in [1.29, 1.82) is 0 Å². The van der Waals surface area contributed by atoms with Gasteiger partial charge in [0.05, 0.1) is 9.52 Å². The highest BCUT2D eigenvalue weighted by Crippen LogP contribution is 2.32. The lowest BCUT2D eigenvalue weighted by atomic mass is 9.80. The number of rotatable bonds is 7. The molecule has 0 saturated heterocycles. The second kappa shape index (κ2) is 8.37. The molecule has 0 aliphatic heterocycles. The number of benzene rings is 1. The van der Waals surface area contributed by atoms with E-state index in [-0.39, 0.29) is 9.52 Å². The van der Waals surface area contributed by atoms with Gasteiger partial charge in [-0.1, -0.05) is 66.9 Å². The Morgan fingerprint density at radius 1 is 1.05 bits per heavy atom. The highest BCUT2D eigenvalue weighted by Gasteiger charge is 2.18. The average molecular weight is 273 g/mol. The first kappa shape index (κ1) is 14.6. The average Bonchev–Trinajstić information content (AvgIpc) is 2.49. The molecule has 0 N–H and O–H groups in total. The largest absolute Gasteiger partial charge is 0.103 e. The maximum absolute atomic E-state index is 3.93. The van der Waals surface area contributed by atoms with Crippen LogP contribution in [0, 0.1) is 11.8 Å². The van der Waals surface area contributed by atoms with E-state index in [0.29, 0.717) is 0 Å². The molecule has 0 atom stereocenters. The van der Waals surface area contributed by atoms with Crippen molar-refractivity contribution >= 4 is 14.7 Å². The predicted molar refractivity (Wildman–Crippen MR) is 88.9 cm³/mol. The summed E-state index contributed by atoms with van der Waals surface area (Å²) in [6, 6.07) is 12.6. The zero-order chi connectivity index (χ0) is 13.3.